The van der Waals surface area contributed by atoms with Gasteiger partial charge in [-0.25, -0.2) is 0 Å². The molecule has 0 aromatic rings. The second-order valence-electron chi connectivity index (χ2n) is 4.02. The number of Topliss-reactive ketones (excluding diaryl/α,β-unsaturated/α-hetero) is 1. The molecule has 5 nitrogen and oxygen atoms in total. The molecular weight excluding hydrogens is 331 g/mol. The van der Waals surface area contributed by atoms with Crippen molar-refractivity contribution in [2.24, 2.45) is 0 Å². The average molecular weight is 364 g/mol. The normalized spacial score (nSPS) is 10.7. The number of likely N-dealkylation sites (N-methyl/N-ethyl adjacent to an activating group) is 1. The monoisotopic (exact) mass is 364 g/mol. The van der Waals surface area contributed by atoms with Crippen molar-refractivity contribution in [3.63, 3.8) is 0 Å². The molecular formula is C15H33AsN2O3. The van der Waals surface area contributed by atoms with Gasteiger partial charge in [-0.1, -0.05) is 27.7 Å². The van der Waals surface area contributed by atoms with Gasteiger partial charge in [0.2, 0.25) is 0 Å². The minimum atomic E-state index is -0.125. The standard InChI is InChI=1S/C11H21AsN2O3.2C2H6/c1-9(16)10(14(2)12)5-3-4-7-13-11(17)6-8-15;2*1-2/h10,15H,3-8H2,1-2H3,(H,13,17);2*1-2H3. The van der Waals surface area contributed by atoms with E-state index in [1.165, 1.54) is 0 Å². The number of carbonyl (C=O) groups is 2. The number of hydrogen-bond acceptors (Lipinski definition) is 4. The molecule has 1 unspecified atom stereocenters. The van der Waals surface area contributed by atoms with E-state index in [0.717, 1.165) is 19.3 Å². The van der Waals surface area contributed by atoms with Crippen LogP contribution in [0.4, 0.5) is 0 Å². The number of ketones is 1. The van der Waals surface area contributed by atoms with Gasteiger partial charge < -0.3 is 0 Å². The molecule has 2 radical (unpaired) electrons. The summed E-state index contributed by atoms with van der Waals surface area (Å²) in [6.45, 7) is 10.1. The van der Waals surface area contributed by atoms with Crippen LogP contribution in [-0.4, -0.2) is 63.9 Å². The molecule has 0 aliphatic carbocycles. The van der Waals surface area contributed by atoms with E-state index in [-0.39, 0.29) is 30.8 Å². The predicted molar refractivity (Wildman–Crippen MR) is 89.2 cm³/mol. The van der Waals surface area contributed by atoms with Crippen molar-refractivity contribution in [1.29, 1.82) is 0 Å². The fourth-order valence-electron chi connectivity index (χ4n) is 1.53. The van der Waals surface area contributed by atoms with Crippen LogP contribution >= 0.6 is 0 Å². The number of aliphatic hydroxyl groups excluding tert-OH is 1. The number of unbranched alkanes of at least 4 members (excludes halogenated alkanes) is 1. The summed E-state index contributed by atoms with van der Waals surface area (Å²) in [4.78, 5) is 22.3. The molecule has 21 heavy (non-hydrogen) atoms. The van der Waals surface area contributed by atoms with Crippen molar-refractivity contribution in [3.05, 3.63) is 0 Å². The van der Waals surface area contributed by atoms with Gasteiger partial charge in [0.25, 0.3) is 0 Å². The molecule has 0 aliphatic heterocycles. The number of aliphatic hydroxyl groups is 1. The van der Waals surface area contributed by atoms with Crippen molar-refractivity contribution in [3.8, 4) is 0 Å². The summed E-state index contributed by atoms with van der Waals surface area (Å²) in [7, 11) is 1.87. The summed E-state index contributed by atoms with van der Waals surface area (Å²) in [6.07, 6.45) is 2.70. The van der Waals surface area contributed by atoms with E-state index < -0.39 is 0 Å². The molecule has 0 spiro atoms. The van der Waals surface area contributed by atoms with Crippen molar-refractivity contribution in [2.75, 3.05) is 20.2 Å². The van der Waals surface area contributed by atoms with Crippen LogP contribution in [0, 0.1) is 0 Å². The molecule has 1 amide bonds. The van der Waals surface area contributed by atoms with Gasteiger partial charge in [-0.15, -0.1) is 0 Å². The Morgan fingerprint density at radius 1 is 1.19 bits per heavy atom. The van der Waals surface area contributed by atoms with Gasteiger partial charge >= 0.3 is 111 Å². The van der Waals surface area contributed by atoms with E-state index in [4.69, 9.17) is 5.11 Å². The van der Waals surface area contributed by atoms with E-state index in [0.29, 0.717) is 6.54 Å². The van der Waals surface area contributed by atoms with Gasteiger partial charge in [0.1, 0.15) is 0 Å². The van der Waals surface area contributed by atoms with Gasteiger partial charge in [0, 0.05) is 0 Å². The molecule has 0 aromatic carbocycles. The fourth-order valence-corrected chi connectivity index (χ4v) is 2.12. The number of rotatable bonds is 9. The minimum absolute atomic E-state index is 0.0526. The van der Waals surface area contributed by atoms with Crippen LogP contribution < -0.4 is 5.32 Å². The Hall–Kier alpha value is -0.382. The third kappa shape index (κ3) is 17.6. The fraction of sp³-hybridized carbons (Fsp3) is 0.867. The first-order valence-electron chi connectivity index (χ1n) is 7.78. The number of hydrogen-bond donors (Lipinski definition) is 2. The van der Waals surface area contributed by atoms with Crippen molar-refractivity contribution in [1.82, 2.24) is 9.13 Å². The van der Waals surface area contributed by atoms with Gasteiger partial charge in [-0.05, 0) is 0 Å². The van der Waals surface area contributed by atoms with Crippen LogP contribution in [0.1, 0.15) is 60.3 Å². The van der Waals surface area contributed by atoms with E-state index in [9.17, 15) is 9.59 Å². The number of nitrogens with zero attached hydrogens (tertiary/aromatic N) is 1. The summed E-state index contributed by atoms with van der Waals surface area (Å²) in [5.41, 5.74) is 0. The second-order valence-corrected chi connectivity index (χ2v) is 5.34. The van der Waals surface area contributed by atoms with Crippen molar-refractivity contribution in [2.45, 2.75) is 66.3 Å². The Morgan fingerprint density at radius 3 is 2.10 bits per heavy atom. The second kappa shape index (κ2) is 19.6. The van der Waals surface area contributed by atoms with Crippen LogP contribution in [-0.2, 0) is 9.59 Å². The summed E-state index contributed by atoms with van der Waals surface area (Å²) in [6, 6.07) is -0.0526. The third-order valence-corrected chi connectivity index (χ3v) is 3.07. The molecule has 126 valence electrons. The van der Waals surface area contributed by atoms with E-state index in [2.05, 4.69) is 22.4 Å². The Bertz CT molecular complexity index is 249. The average Bonchev–Trinajstić information content (AvgIpc) is 2.46. The predicted octanol–water partition coefficient (Wildman–Crippen LogP) is 1.68. The maximum absolute atomic E-state index is 11.3. The molecule has 0 aliphatic rings. The zero-order valence-corrected chi connectivity index (χ0v) is 16.4. The van der Waals surface area contributed by atoms with Crippen LogP contribution in [0.5, 0.6) is 0 Å². The molecule has 0 fully saturated rings. The molecule has 0 rings (SSSR count). The Kier molecular flexibility index (Phi) is 23.9. The summed E-state index contributed by atoms with van der Waals surface area (Å²) in [5, 5.41) is 11.2. The zero-order valence-electron chi connectivity index (χ0n) is 14.5. The van der Waals surface area contributed by atoms with Gasteiger partial charge in [-0.2, -0.15) is 0 Å². The summed E-state index contributed by atoms with van der Waals surface area (Å²) >= 11 is 2.36. The molecule has 0 aromatic heterocycles. The Balaban J connectivity index is -0.000000739. The quantitative estimate of drug-likeness (QED) is 0.483. The van der Waals surface area contributed by atoms with Crippen LogP contribution in [0.25, 0.3) is 0 Å². The Labute approximate surface area is 139 Å². The first-order chi connectivity index (χ1) is 9.99. The van der Waals surface area contributed by atoms with Crippen molar-refractivity contribution >= 4 is 28.8 Å². The zero-order chi connectivity index (χ0) is 17.3. The maximum atomic E-state index is 11.3. The molecule has 0 bridgehead atoms. The van der Waals surface area contributed by atoms with Crippen LogP contribution in [0.15, 0.2) is 0 Å². The van der Waals surface area contributed by atoms with E-state index in [1.807, 2.05) is 38.6 Å². The molecule has 2 N–H and O–H groups in total. The molecule has 0 saturated heterocycles. The summed E-state index contributed by atoms with van der Waals surface area (Å²) in [5.74, 6) is 0.0392. The van der Waals surface area contributed by atoms with E-state index >= 15 is 0 Å². The van der Waals surface area contributed by atoms with Gasteiger partial charge in [-0.3, -0.25) is 0 Å². The van der Waals surface area contributed by atoms with Crippen LogP contribution in [0.2, 0.25) is 0 Å². The Morgan fingerprint density at radius 2 is 1.71 bits per heavy atom. The first-order valence-corrected chi connectivity index (χ1v) is 8.62. The van der Waals surface area contributed by atoms with Crippen molar-refractivity contribution < 1.29 is 14.7 Å². The molecule has 0 saturated carbocycles. The van der Waals surface area contributed by atoms with Gasteiger partial charge in [0.05, 0.1) is 0 Å². The topological polar surface area (TPSA) is 69.6 Å². The number of amides is 1. The number of carbonyl (C=O) groups excluding carboxylic acids is 2. The molecule has 6 heteroatoms. The molecule has 1 atom stereocenters. The summed E-state index contributed by atoms with van der Waals surface area (Å²) < 4.78 is 1.86. The molecule has 0 heterocycles. The van der Waals surface area contributed by atoms with Crippen LogP contribution in [0.3, 0.4) is 0 Å². The number of nitrogens with one attached hydrogen (secondary N) is 1. The van der Waals surface area contributed by atoms with Gasteiger partial charge in [0.15, 0.2) is 0 Å². The SMILES string of the molecule is CC.CC.CC(=O)C(CCCCNC(=O)CCO)N(C)[As]. The first kappa shape index (κ1) is 25.6. The van der Waals surface area contributed by atoms with E-state index in [1.54, 1.807) is 6.92 Å². The third-order valence-electron chi connectivity index (χ3n) is 2.49.